The number of fused-ring (bicyclic) bond motifs is 5. The van der Waals surface area contributed by atoms with E-state index in [1.165, 1.54) is 10.8 Å². The van der Waals surface area contributed by atoms with Crippen molar-refractivity contribution in [2.24, 2.45) is 0 Å². The zero-order chi connectivity index (χ0) is 40.5. The van der Waals surface area contributed by atoms with Gasteiger partial charge in [-0.1, -0.05) is 164 Å². The maximum atomic E-state index is 9.26. The maximum Gasteiger partial charge on any atom is 0.143 e. The fourth-order valence-corrected chi connectivity index (χ4v) is 7.26. The first-order valence-electron chi connectivity index (χ1n) is 20.7. The second-order valence-electron chi connectivity index (χ2n) is 12.8. The second-order valence-corrected chi connectivity index (χ2v) is 12.8. The Bertz CT molecular complexity index is 3270. The van der Waals surface area contributed by atoms with Crippen LogP contribution in [0.15, 0.2) is 204 Å². The minimum absolute atomic E-state index is 0.00576. The van der Waals surface area contributed by atoms with Crippen molar-refractivity contribution >= 4 is 60.5 Å². The molecule has 244 valence electrons. The molecule has 2 heteroatoms. The number of para-hydroxylation sites is 2. The molecule has 0 bridgehead atoms. The zero-order valence-electron chi connectivity index (χ0n) is 34.9. The Morgan fingerprint density at radius 3 is 1.75 bits per heavy atom. The van der Waals surface area contributed by atoms with E-state index in [4.69, 9.17) is 12.6 Å². The Balaban J connectivity index is 1.11. The van der Waals surface area contributed by atoms with E-state index in [-0.39, 0.29) is 28.5 Å². The molecule has 2 nitrogen and oxygen atoms in total. The number of benzene rings is 9. The topological polar surface area (TPSA) is 16.4 Å². The molecule has 0 fully saturated rings. The lowest BCUT2D eigenvalue weighted by Crippen LogP contribution is -2.10. The number of hydrogen-bond donors (Lipinski definition) is 0. The summed E-state index contributed by atoms with van der Waals surface area (Å²) in [5.74, 6) is 0. The third kappa shape index (κ3) is 5.12. The molecule has 0 aliphatic carbocycles. The van der Waals surface area contributed by atoms with Crippen molar-refractivity contribution in [1.29, 1.82) is 0 Å². The summed E-state index contributed by atoms with van der Waals surface area (Å²) in [5.41, 5.74) is 8.86. The molecule has 1 heterocycles. The molecule has 0 spiro atoms. The minimum atomic E-state index is -0.495. The molecule has 9 aromatic carbocycles. The molecule has 0 aliphatic rings. The second kappa shape index (κ2) is 12.5. The van der Waals surface area contributed by atoms with E-state index < -0.39 is 30.2 Å². The molecule has 0 amide bonds. The van der Waals surface area contributed by atoms with Crippen molar-refractivity contribution in [3.63, 3.8) is 0 Å². The van der Waals surface area contributed by atoms with Crippen LogP contribution in [0.5, 0.6) is 0 Å². The normalized spacial score (nSPS) is 13.3. The highest BCUT2D eigenvalue weighted by Crippen LogP contribution is 2.42. The number of rotatable bonds is 6. The quantitative estimate of drug-likeness (QED) is 0.175. The highest BCUT2D eigenvalue weighted by atomic mass is 16.3. The van der Waals surface area contributed by atoms with Gasteiger partial charge in [-0.25, -0.2) is 0 Å². The molecule has 1 aromatic heterocycles. The molecule has 0 radical (unpaired) electrons. The van der Waals surface area contributed by atoms with Gasteiger partial charge in [-0.3, -0.25) is 0 Å². The lowest BCUT2D eigenvalue weighted by Gasteiger charge is -2.27. The van der Waals surface area contributed by atoms with Gasteiger partial charge in [-0.05, 0) is 80.4 Å². The lowest BCUT2D eigenvalue weighted by molar-refractivity contribution is 0.670. The van der Waals surface area contributed by atoms with Crippen molar-refractivity contribution in [1.82, 2.24) is 0 Å². The molecular weight excluding hydrogens is 631 g/mol. The first-order chi connectivity index (χ1) is 28.7. The fourth-order valence-electron chi connectivity index (χ4n) is 7.26. The van der Waals surface area contributed by atoms with Crippen LogP contribution < -0.4 is 4.90 Å². The first kappa shape index (κ1) is 23.5. The van der Waals surface area contributed by atoms with E-state index in [1.807, 2.05) is 97.1 Å². The molecule has 10 aromatic rings. The molecule has 10 rings (SSSR count). The number of nitrogens with zero attached hydrogens (tertiary/aromatic N) is 1. The van der Waals surface area contributed by atoms with Crippen molar-refractivity contribution in [2.45, 2.75) is 0 Å². The minimum Gasteiger partial charge on any atom is -0.455 e. The monoisotopic (exact) mass is 670 g/mol. The van der Waals surface area contributed by atoms with Gasteiger partial charge >= 0.3 is 0 Å². The summed E-state index contributed by atoms with van der Waals surface area (Å²) in [6, 6.07) is 49.6. The highest BCUT2D eigenvalue weighted by molar-refractivity contribution is 6.09. The number of hydrogen-bond acceptors (Lipinski definition) is 2. The summed E-state index contributed by atoms with van der Waals surface area (Å²) in [7, 11) is 0. The average Bonchev–Trinajstić information content (AvgIpc) is 3.67. The van der Waals surface area contributed by atoms with Gasteiger partial charge < -0.3 is 9.32 Å². The van der Waals surface area contributed by atoms with E-state index in [1.54, 1.807) is 4.90 Å². The SMILES string of the molecule is [2H]c1c([2H])c([2H])c2c(N(c3ccc(-c4ccc(-c5cccc6ccccc56)cc4)cc3)c3ccc(-c4cccc5c4oc4ccccc45)cc3)c([2H])c([2H])c([2H])c2c1[2H]. The van der Waals surface area contributed by atoms with E-state index in [0.29, 0.717) is 11.4 Å². The van der Waals surface area contributed by atoms with E-state index >= 15 is 0 Å². The molecule has 52 heavy (non-hydrogen) atoms. The molecule has 0 N–H and O–H groups in total. The van der Waals surface area contributed by atoms with Crippen LogP contribution in [0.1, 0.15) is 9.60 Å². The standard InChI is InChI=1S/C50H33NO/c1-3-14-42-36(10-1)12-7-17-43(42)38-24-22-34(23-25-38)35-26-30-40(31-27-35)51(48-20-8-13-37-11-2-4-15-44(37)48)41-32-28-39(29-33-41)45-18-9-19-47-46-16-5-6-21-49(46)52-50(45)47/h1-33H/i2D,4D,8D,11D,13D,15D,20D. The average molecular weight is 671 g/mol. The summed E-state index contributed by atoms with van der Waals surface area (Å²) in [6.45, 7) is 0. The summed E-state index contributed by atoms with van der Waals surface area (Å²) in [4.78, 5) is 1.75. The summed E-state index contributed by atoms with van der Waals surface area (Å²) in [5, 5.41) is 4.30. The zero-order valence-corrected chi connectivity index (χ0v) is 27.9. The predicted octanol–water partition coefficient (Wildman–Crippen LogP) is 14.4. The largest absolute Gasteiger partial charge is 0.455 e. The van der Waals surface area contributed by atoms with Crippen LogP contribution in [0.3, 0.4) is 0 Å². The summed E-state index contributed by atoms with van der Waals surface area (Å²) >= 11 is 0. The summed E-state index contributed by atoms with van der Waals surface area (Å²) in [6.07, 6.45) is 0. The van der Waals surface area contributed by atoms with Crippen molar-refractivity contribution < 1.29 is 14.0 Å². The van der Waals surface area contributed by atoms with Gasteiger partial charge in [0, 0.05) is 33.1 Å². The molecule has 0 saturated heterocycles. The van der Waals surface area contributed by atoms with Crippen LogP contribution in [-0.4, -0.2) is 0 Å². The molecular formula is C50H33NO. The number of furan rings is 1. The Hall–Kier alpha value is -6.90. The van der Waals surface area contributed by atoms with Crippen LogP contribution >= 0.6 is 0 Å². The Kier molecular flexibility index (Phi) is 5.63. The van der Waals surface area contributed by atoms with E-state index in [0.717, 1.165) is 55.3 Å². The van der Waals surface area contributed by atoms with E-state index in [9.17, 15) is 1.37 Å². The van der Waals surface area contributed by atoms with Gasteiger partial charge in [0.1, 0.15) is 11.2 Å². The van der Waals surface area contributed by atoms with Gasteiger partial charge in [0.2, 0.25) is 0 Å². The molecule has 0 atom stereocenters. The molecule has 0 unspecified atom stereocenters. The molecule has 0 saturated carbocycles. The van der Waals surface area contributed by atoms with Crippen LogP contribution in [0, 0.1) is 0 Å². The van der Waals surface area contributed by atoms with Crippen molar-refractivity contribution in [3.8, 4) is 33.4 Å². The Labute approximate surface area is 312 Å². The van der Waals surface area contributed by atoms with Gasteiger partial charge in [-0.15, -0.1) is 0 Å². The maximum absolute atomic E-state index is 9.26. The van der Waals surface area contributed by atoms with Crippen molar-refractivity contribution in [3.05, 3.63) is 200 Å². The summed E-state index contributed by atoms with van der Waals surface area (Å²) < 4.78 is 68.0. The lowest BCUT2D eigenvalue weighted by atomic mass is 9.96. The van der Waals surface area contributed by atoms with Crippen LogP contribution in [0.2, 0.25) is 0 Å². The fraction of sp³-hybridized carbons (Fsp3) is 0. The van der Waals surface area contributed by atoms with Gasteiger partial charge in [0.25, 0.3) is 0 Å². The van der Waals surface area contributed by atoms with Gasteiger partial charge in [0.05, 0.1) is 15.3 Å². The van der Waals surface area contributed by atoms with Crippen LogP contribution in [-0.2, 0) is 0 Å². The van der Waals surface area contributed by atoms with Crippen LogP contribution in [0.4, 0.5) is 17.1 Å². The smallest absolute Gasteiger partial charge is 0.143 e. The predicted molar refractivity (Wildman–Crippen MR) is 220 cm³/mol. The third-order valence-corrected chi connectivity index (χ3v) is 9.80. The highest BCUT2D eigenvalue weighted by Gasteiger charge is 2.17. The van der Waals surface area contributed by atoms with Crippen LogP contribution in [0.25, 0.3) is 76.9 Å². The first-order valence-corrected chi connectivity index (χ1v) is 17.2. The Morgan fingerprint density at radius 2 is 0.942 bits per heavy atom. The van der Waals surface area contributed by atoms with Gasteiger partial charge in [-0.2, -0.15) is 0 Å². The Morgan fingerprint density at radius 1 is 0.385 bits per heavy atom. The van der Waals surface area contributed by atoms with Crippen molar-refractivity contribution in [2.75, 3.05) is 4.90 Å². The molecule has 0 aliphatic heterocycles. The number of anilines is 3. The van der Waals surface area contributed by atoms with Gasteiger partial charge in [0.15, 0.2) is 0 Å². The van der Waals surface area contributed by atoms with E-state index in [2.05, 4.69) is 60.7 Å². The third-order valence-electron chi connectivity index (χ3n) is 9.80.